The van der Waals surface area contributed by atoms with Gasteiger partial charge < -0.3 is 10.2 Å². The molecule has 142 valence electrons. The highest BCUT2D eigenvalue weighted by molar-refractivity contribution is 5.73. The Morgan fingerprint density at radius 2 is 2.15 bits per heavy atom. The largest absolute Gasteiger partial charge is 0.332 e. The maximum Gasteiger partial charge on any atom is 0.317 e. The molecule has 3 rings (SSSR count). The summed E-state index contributed by atoms with van der Waals surface area (Å²) >= 11 is 0. The quantitative estimate of drug-likeness (QED) is 0.884. The fourth-order valence-electron chi connectivity index (χ4n) is 3.13. The Hall–Kier alpha value is -2.35. The van der Waals surface area contributed by atoms with Crippen LogP contribution in [0.25, 0.3) is 0 Å². The van der Waals surface area contributed by atoms with Crippen LogP contribution in [0.3, 0.4) is 0 Å². The van der Waals surface area contributed by atoms with Crippen molar-refractivity contribution < 1.29 is 4.79 Å². The summed E-state index contributed by atoms with van der Waals surface area (Å²) in [4.78, 5) is 15.6. The van der Waals surface area contributed by atoms with Crippen molar-refractivity contribution in [1.29, 1.82) is 0 Å². The number of amides is 2. The normalized spacial score (nSPS) is 15.0. The molecule has 0 fully saturated rings. The molecule has 1 aliphatic rings. The standard InChI is InChI=1S/C18H29N7O/c1-14(2)25-12-15(9-20-25)11-23-6-5-7-24-17(13-23)8-16(21-24)10-19-18(26)22(3)4/h8-9,12,14H,5-7,10-11,13H2,1-4H3,(H,19,26). The number of carbonyl (C=O) groups is 1. The number of carbonyl (C=O) groups excluding carboxylic acids is 1. The monoisotopic (exact) mass is 359 g/mol. The molecule has 0 radical (unpaired) electrons. The van der Waals surface area contributed by atoms with Crippen molar-refractivity contribution in [2.45, 2.75) is 52.5 Å². The van der Waals surface area contributed by atoms with Crippen LogP contribution in [0.5, 0.6) is 0 Å². The summed E-state index contributed by atoms with van der Waals surface area (Å²) in [7, 11) is 3.47. The average Bonchev–Trinajstić information content (AvgIpc) is 3.16. The van der Waals surface area contributed by atoms with Gasteiger partial charge in [0.2, 0.25) is 0 Å². The van der Waals surface area contributed by atoms with Crippen LogP contribution in [0.4, 0.5) is 4.79 Å². The summed E-state index contributed by atoms with van der Waals surface area (Å²) < 4.78 is 4.08. The highest BCUT2D eigenvalue weighted by Crippen LogP contribution is 2.17. The summed E-state index contributed by atoms with van der Waals surface area (Å²) in [5.41, 5.74) is 3.35. The van der Waals surface area contributed by atoms with Gasteiger partial charge in [0.05, 0.1) is 24.1 Å². The van der Waals surface area contributed by atoms with Gasteiger partial charge in [-0.25, -0.2) is 4.79 Å². The fourth-order valence-corrected chi connectivity index (χ4v) is 3.13. The molecule has 26 heavy (non-hydrogen) atoms. The topological polar surface area (TPSA) is 71.2 Å². The van der Waals surface area contributed by atoms with E-state index in [0.717, 1.165) is 38.3 Å². The summed E-state index contributed by atoms with van der Waals surface area (Å²) in [6.45, 7) is 8.45. The number of hydrogen-bond acceptors (Lipinski definition) is 4. The molecular weight excluding hydrogens is 330 g/mol. The van der Waals surface area contributed by atoms with Crippen molar-refractivity contribution in [3.05, 3.63) is 35.4 Å². The van der Waals surface area contributed by atoms with Crippen molar-refractivity contribution in [3.63, 3.8) is 0 Å². The molecule has 0 aromatic carbocycles. The Balaban J connectivity index is 1.62. The van der Waals surface area contributed by atoms with Crippen LogP contribution < -0.4 is 5.32 Å². The van der Waals surface area contributed by atoms with E-state index in [1.54, 1.807) is 14.1 Å². The molecule has 1 N–H and O–H groups in total. The number of fused-ring (bicyclic) bond motifs is 1. The summed E-state index contributed by atoms with van der Waals surface area (Å²) in [5, 5.41) is 12.0. The molecule has 0 saturated heterocycles. The van der Waals surface area contributed by atoms with Gasteiger partial charge in [0, 0.05) is 58.1 Å². The predicted octanol–water partition coefficient (Wildman–Crippen LogP) is 1.84. The molecule has 1 aliphatic heterocycles. The van der Waals surface area contributed by atoms with Gasteiger partial charge >= 0.3 is 6.03 Å². The molecule has 8 heteroatoms. The van der Waals surface area contributed by atoms with E-state index in [1.165, 1.54) is 16.2 Å². The van der Waals surface area contributed by atoms with E-state index in [0.29, 0.717) is 12.6 Å². The molecule has 0 aliphatic carbocycles. The molecule has 8 nitrogen and oxygen atoms in total. The minimum Gasteiger partial charge on any atom is -0.332 e. The number of nitrogens with zero attached hydrogens (tertiary/aromatic N) is 6. The van der Waals surface area contributed by atoms with Gasteiger partial charge in [0.25, 0.3) is 0 Å². The zero-order valence-corrected chi connectivity index (χ0v) is 16.1. The maximum atomic E-state index is 11.7. The Labute approximate surface area is 154 Å². The molecule has 0 bridgehead atoms. The van der Waals surface area contributed by atoms with Gasteiger partial charge in [0.15, 0.2) is 0 Å². The third kappa shape index (κ3) is 4.43. The number of urea groups is 1. The lowest BCUT2D eigenvalue weighted by Gasteiger charge is -2.18. The second-order valence-electron chi connectivity index (χ2n) is 7.39. The van der Waals surface area contributed by atoms with Crippen molar-refractivity contribution in [1.82, 2.24) is 34.7 Å². The Bertz CT molecular complexity index is 747. The molecule has 2 aromatic rings. The van der Waals surface area contributed by atoms with Gasteiger partial charge in [-0.15, -0.1) is 0 Å². The van der Waals surface area contributed by atoms with E-state index in [2.05, 4.69) is 51.2 Å². The van der Waals surface area contributed by atoms with Crippen molar-refractivity contribution in [3.8, 4) is 0 Å². The van der Waals surface area contributed by atoms with Gasteiger partial charge in [-0.05, 0) is 26.3 Å². The molecule has 0 atom stereocenters. The van der Waals surface area contributed by atoms with Crippen LogP contribution in [0.15, 0.2) is 18.5 Å². The van der Waals surface area contributed by atoms with Crippen molar-refractivity contribution >= 4 is 6.03 Å². The number of rotatable bonds is 5. The maximum absolute atomic E-state index is 11.7. The second-order valence-corrected chi connectivity index (χ2v) is 7.39. The molecular formula is C18H29N7O. The van der Waals surface area contributed by atoms with E-state index < -0.39 is 0 Å². The lowest BCUT2D eigenvalue weighted by molar-refractivity contribution is 0.217. The first-order chi connectivity index (χ1) is 12.4. The molecule has 2 aromatic heterocycles. The number of nitrogens with one attached hydrogen (secondary N) is 1. The fraction of sp³-hybridized carbons (Fsp3) is 0.611. The predicted molar refractivity (Wildman–Crippen MR) is 99.5 cm³/mol. The number of hydrogen-bond donors (Lipinski definition) is 1. The van der Waals surface area contributed by atoms with E-state index in [4.69, 9.17) is 0 Å². The lowest BCUT2D eigenvalue weighted by Crippen LogP contribution is -2.34. The van der Waals surface area contributed by atoms with Gasteiger partial charge in [-0.2, -0.15) is 10.2 Å². The molecule has 0 unspecified atom stereocenters. The third-order valence-electron chi connectivity index (χ3n) is 4.56. The number of aromatic nitrogens is 4. The smallest absolute Gasteiger partial charge is 0.317 e. The molecule has 0 spiro atoms. The van der Waals surface area contributed by atoms with Crippen LogP contribution >= 0.6 is 0 Å². The summed E-state index contributed by atoms with van der Waals surface area (Å²) in [5.74, 6) is 0. The van der Waals surface area contributed by atoms with E-state index in [-0.39, 0.29) is 6.03 Å². The van der Waals surface area contributed by atoms with Gasteiger partial charge in [-0.3, -0.25) is 14.3 Å². The zero-order valence-electron chi connectivity index (χ0n) is 16.1. The summed E-state index contributed by atoms with van der Waals surface area (Å²) in [6, 6.07) is 2.39. The molecule has 0 saturated carbocycles. The van der Waals surface area contributed by atoms with Crippen LogP contribution in [-0.2, 0) is 26.2 Å². The summed E-state index contributed by atoms with van der Waals surface area (Å²) in [6.07, 6.45) is 5.16. The first-order valence-electron chi connectivity index (χ1n) is 9.18. The van der Waals surface area contributed by atoms with Gasteiger partial charge in [0.1, 0.15) is 0 Å². The minimum atomic E-state index is -0.100. The first kappa shape index (κ1) is 18.4. The SMILES string of the molecule is CC(C)n1cc(CN2CCCn3nc(CNC(=O)N(C)C)cc3C2)cn1. The number of aryl methyl sites for hydroxylation is 1. The molecule has 2 amide bonds. The minimum absolute atomic E-state index is 0.100. The van der Waals surface area contributed by atoms with Crippen LogP contribution in [0.1, 0.15) is 43.3 Å². The third-order valence-corrected chi connectivity index (χ3v) is 4.56. The van der Waals surface area contributed by atoms with E-state index in [1.807, 2.05) is 10.9 Å². The van der Waals surface area contributed by atoms with E-state index >= 15 is 0 Å². The van der Waals surface area contributed by atoms with E-state index in [9.17, 15) is 4.79 Å². The highest BCUT2D eigenvalue weighted by Gasteiger charge is 2.18. The lowest BCUT2D eigenvalue weighted by atomic mass is 10.2. The zero-order chi connectivity index (χ0) is 18.7. The van der Waals surface area contributed by atoms with Crippen molar-refractivity contribution in [2.24, 2.45) is 0 Å². The van der Waals surface area contributed by atoms with Crippen LogP contribution in [-0.4, -0.2) is 56.0 Å². The van der Waals surface area contributed by atoms with Crippen molar-refractivity contribution in [2.75, 3.05) is 20.6 Å². The average molecular weight is 359 g/mol. The Kier molecular flexibility index (Phi) is 5.61. The Morgan fingerprint density at radius 3 is 2.85 bits per heavy atom. The van der Waals surface area contributed by atoms with Crippen LogP contribution in [0, 0.1) is 0 Å². The highest BCUT2D eigenvalue weighted by atomic mass is 16.2. The second kappa shape index (κ2) is 7.90. The first-order valence-corrected chi connectivity index (χ1v) is 9.18. The van der Waals surface area contributed by atoms with Gasteiger partial charge in [-0.1, -0.05) is 0 Å². The molecule has 3 heterocycles. The van der Waals surface area contributed by atoms with Crippen LogP contribution in [0.2, 0.25) is 0 Å². The Morgan fingerprint density at radius 1 is 1.35 bits per heavy atom.